The van der Waals surface area contributed by atoms with Crippen molar-refractivity contribution < 1.29 is 0 Å². The van der Waals surface area contributed by atoms with Crippen LogP contribution in [-0.4, -0.2) is 28.5 Å². The zero-order valence-electron chi connectivity index (χ0n) is 12.0. The first-order chi connectivity index (χ1) is 10.2. The summed E-state index contributed by atoms with van der Waals surface area (Å²) in [4.78, 5) is 12.2. The Morgan fingerprint density at radius 3 is 2.67 bits per heavy atom. The lowest BCUT2D eigenvalue weighted by atomic mass is 10.1. The molecule has 0 aliphatic heterocycles. The van der Waals surface area contributed by atoms with Gasteiger partial charge >= 0.3 is 0 Å². The lowest BCUT2D eigenvalue weighted by molar-refractivity contribution is 0.337. The molecule has 0 atom stereocenters. The van der Waals surface area contributed by atoms with Gasteiger partial charge in [-0.15, -0.1) is 11.3 Å². The van der Waals surface area contributed by atoms with E-state index in [-0.39, 0.29) is 0 Å². The largest absolute Gasteiger partial charge is 0.299 e. The maximum atomic E-state index is 6.42. The molecule has 1 aromatic carbocycles. The number of benzene rings is 1. The molecule has 3 nitrogen and oxygen atoms in total. The van der Waals surface area contributed by atoms with Crippen molar-refractivity contribution in [1.29, 1.82) is 0 Å². The second-order valence-electron chi connectivity index (χ2n) is 4.96. The normalized spacial score (nSPS) is 11.4. The van der Waals surface area contributed by atoms with Crippen LogP contribution in [0.5, 0.6) is 0 Å². The van der Waals surface area contributed by atoms with Crippen LogP contribution < -0.4 is 0 Å². The van der Waals surface area contributed by atoms with Crippen molar-refractivity contribution in [3.05, 3.63) is 46.7 Å². The van der Waals surface area contributed by atoms with Crippen molar-refractivity contribution in [3.8, 4) is 11.1 Å². The summed E-state index contributed by atoms with van der Waals surface area (Å²) >= 11 is 8.04. The molecule has 0 aliphatic rings. The van der Waals surface area contributed by atoms with E-state index in [1.54, 1.807) is 11.3 Å². The number of thiophene rings is 1. The summed E-state index contributed by atoms with van der Waals surface area (Å²) in [5, 5.41) is 3.60. The van der Waals surface area contributed by atoms with Gasteiger partial charge in [-0.05, 0) is 19.2 Å². The van der Waals surface area contributed by atoms with Crippen LogP contribution in [0.25, 0.3) is 21.3 Å². The minimum atomic E-state index is 0.541. The van der Waals surface area contributed by atoms with Gasteiger partial charge in [0.2, 0.25) is 0 Å². The maximum Gasteiger partial charge on any atom is 0.145 e. The Morgan fingerprint density at radius 1 is 1.19 bits per heavy atom. The first kappa shape index (κ1) is 14.4. The van der Waals surface area contributed by atoms with E-state index in [2.05, 4.69) is 39.3 Å². The van der Waals surface area contributed by atoms with Gasteiger partial charge in [0, 0.05) is 10.9 Å². The Hall–Kier alpha value is -1.49. The molecule has 0 saturated carbocycles. The summed E-state index contributed by atoms with van der Waals surface area (Å²) in [6.45, 7) is 3.78. The van der Waals surface area contributed by atoms with E-state index in [1.807, 2.05) is 25.2 Å². The van der Waals surface area contributed by atoms with Gasteiger partial charge in [-0.2, -0.15) is 0 Å². The van der Waals surface area contributed by atoms with Crippen LogP contribution >= 0.6 is 22.9 Å². The molecule has 3 rings (SSSR count). The van der Waals surface area contributed by atoms with Gasteiger partial charge in [-0.1, -0.05) is 48.9 Å². The molecule has 0 bridgehead atoms. The van der Waals surface area contributed by atoms with Crippen LogP contribution in [0.15, 0.2) is 35.7 Å². The fourth-order valence-electron chi connectivity index (χ4n) is 2.19. The third-order valence-electron chi connectivity index (χ3n) is 3.47. The van der Waals surface area contributed by atoms with Gasteiger partial charge in [-0.3, -0.25) is 4.90 Å². The minimum absolute atomic E-state index is 0.541. The average Bonchev–Trinajstić information content (AvgIpc) is 2.92. The van der Waals surface area contributed by atoms with Crippen LogP contribution in [0.4, 0.5) is 0 Å². The predicted molar refractivity (Wildman–Crippen MR) is 89.9 cm³/mol. The van der Waals surface area contributed by atoms with Gasteiger partial charge in [0.25, 0.3) is 0 Å². The van der Waals surface area contributed by atoms with Gasteiger partial charge in [-0.25, -0.2) is 9.97 Å². The molecule has 5 heteroatoms. The molecule has 0 saturated heterocycles. The van der Waals surface area contributed by atoms with Crippen molar-refractivity contribution in [2.24, 2.45) is 0 Å². The van der Waals surface area contributed by atoms with Gasteiger partial charge in [0.1, 0.15) is 15.8 Å². The van der Waals surface area contributed by atoms with Crippen LogP contribution in [0.3, 0.4) is 0 Å². The molecule has 108 valence electrons. The highest BCUT2D eigenvalue weighted by Gasteiger charge is 2.14. The minimum Gasteiger partial charge on any atom is -0.299 e. The number of hydrogen-bond acceptors (Lipinski definition) is 4. The molecule has 0 aliphatic carbocycles. The highest BCUT2D eigenvalue weighted by Crippen LogP contribution is 2.36. The molecule has 2 aromatic heterocycles. The highest BCUT2D eigenvalue weighted by atomic mass is 35.5. The topological polar surface area (TPSA) is 29.0 Å². The predicted octanol–water partition coefficient (Wildman–Crippen LogP) is 4.46. The van der Waals surface area contributed by atoms with E-state index in [0.717, 1.165) is 33.7 Å². The fraction of sp³-hybridized carbons (Fsp3) is 0.250. The van der Waals surface area contributed by atoms with E-state index < -0.39 is 0 Å². The van der Waals surface area contributed by atoms with Crippen LogP contribution in [0.1, 0.15) is 12.7 Å². The second-order valence-corrected chi connectivity index (χ2v) is 6.17. The van der Waals surface area contributed by atoms with E-state index in [1.165, 1.54) is 0 Å². The van der Waals surface area contributed by atoms with E-state index in [9.17, 15) is 0 Å². The molecule has 0 fully saturated rings. The third kappa shape index (κ3) is 2.93. The van der Waals surface area contributed by atoms with Crippen molar-refractivity contribution in [1.82, 2.24) is 14.9 Å². The molecule has 3 aromatic rings. The Balaban J connectivity index is 2.07. The quantitative estimate of drug-likeness (QED) is 0.665. The number of nitrogens with zero attached hydrogens (tertiary/aromatic N) is 3. The number of halogens is 1. The standard InChI is InChI=1S/C16H16ClN3S/c1-3-20(2)9-13-18-15(17)14-12(10-21-16(14)19-13)11-7-5-4-6-8-11/h4-8,10H,3,9H2,1-2H3. The number of aromatic nitrogens is 2. The monoisotopic (exact) mass is 317 g/mol. The first-order valence-corrected chi connectivity index (χ1v) is 8.12. The van der Waals surface area contributed by atoms with Crippen molar-refractivity contribution in [2.45, 2.75) is 13.5 Å². The van der Waals surface area contributed by atoms with Crippen LogP contribution in [0, 0.1) is 0 Å². The molecule has 0 radical (unpaired) electrons. The summed E-state index contributed by atoms with van der Waals surface area (Å²) in [6.07, 6.45) is 0. The summed E-state index contributed by atoms with van der Waals surface area (Å²) < 4.78 is 0. The summed E-state index contributed by atoms with van der Waals surface area (Å²) in [5.74, 6) is 0.776. The Labute approximate surface area is 133 Å². The Morgan fingerprint density at radius 2 is 1.95 bits per heavy atom. The van der Waals surface area contributed by atoms with Gasteiger partial charge in [0.15, 0.2) is 0 Å². The van der Waals surface area contributed by atoms with E-state index in [4.69, 9.17) is 11.6 Å². The van der Waals surface area contributed by atoms with E-state index >= 15 is 0 Å². The third-order valence-corrected chi connectivity index (χ3v) is 4.62. The molecule has 2 heterocycles. The fourth-order valence-corrected chi connectivity index (χ4v) is 3.51. The Kier molecular flexibility index (Phi) is 4.19. The Bertz CT molecular complexity index is 755. The zero-order chi connectivity index (χ0) is 14.8. The van der Waals surface area contributed by atoms with Crippen LogP contribution in [-0.2, 0) is 6.54 Å². The summed E-state index contributed by atoms with van der Waals surface area (Å²) in [6, 6.07) is 10.2. The average molecular weight is 318 g/mol. The van der Waals surface area contributed by atoms with Crippen molar-refractivity contribution in [3.63, 3.8) is 0 Å². The second kappa shape index (κ2) is 6.10. The highest BCUT2D eigenvalue weighted by molar-refractivity contribution is 7.17. The lowest BCUT2D eigenvalue weighted by Gasteiger charge is -2.12. The number of fused-ring (bicyclic) bond motifs is 1. The van der Waals surface area contributed by atoms with Crippen molar-refractivity contribution >= 4 is 33.2 Å². The van der Waals surface area contributed by atoms with Gasteiger partial charge < -0.3 is 0 Å². The number of rotatable bonds is 4. The number of hydrogen-bond donors (Lipinski definition) is 0. The lowest BCUT2D eigenvalue weighted by Crippen LogP contribution is -2.18. The SMILES string of the molecule is CCN(C)Cc1nc(Cl)c2c(-c3ccccc3)csc2n1. The molecule has 0 unspecified atom stereocenters. The maximum absolute atomic E-state index is 6.42. The van der Waals surface area contributed by atoms with Crippen molar-refractivity contribution in [2.75, 3.05) is 13.6 Å². The molecule has 21 heavy (non-hydrogen) atoms. The molecule has 0 amide bonds. The first-order valence-electron chi connectivity index (χ1n) is 6.86. The molecular weight excluding hydrogens is 302 g/mol. The smallest absolute Gasteiger partial charge is 0.145 e. The molecular formula is C16H16ClN3S. The summed E-state index contributed by atoms with van der Waals surface area (Å²) in [5.41, 5.74) is 2.25. The molecule has 0 spiro atoms. The van der Waals surface area contributed by atoms with E-state index in [0.29, 0.717) is 11.7 Å². The zero-order valence-corrected chi connectivity index (χ0v) is 13.6. The van der Waals surface area contributed by atoms with Gasteiger partial charge in [0.05, 0.1) is 11.9 Å². The molecule has 0 N–H and O–H groups in total. The summed E-state index contributed by atoms with van der Waals surface area (Å²) in [7, 11) is 2.05. The van der Waals surface area contributed by atoms with Crippen LogP contribution in [0.2, 0.25) is 5.15 Å².